The molecule has 5 nitrogen and oxygen atoms in total. The molecule has 0 saturated carbocycles. The molecule has 1 N–H and O–H groups in total. The lowest BCUT2D eigenvalue weighted by atomic mass is 10.1. The van der Waals surface area contributed by atoms with Crippen LogP contribution in [0.3, 0.4) is 0 Å². The van der Waals surface area contributed by atoms with E-state index < -0.39 is 23.5 Å². The maximum Gasteiger partial charge on any atom is 0.408 e. The summed E-state index contributed by atoms with van der Waals surface area (Å²) >= 11 is 0. The topological polar surface area (TPSA) is 58.6 Å². The number of nitrogens with zero attached hydrogens (tertiary/aromatic N) is 1. The van der Waals surface area contributed by atoms with E-state index in [0.29, 0.717) is 13.1 Å². The summed E-state index contributed by atoms with van der Waals surface area (Å²) in [4.78, 5) is 25.6. The molecule has 0 saturated heterocycles. The van der Waals surface area contributed by atoms with Crippen LogP contribution < -0.4 is 5.32 Å². The molecule has 124 valence electrons. The first-order valence-corrected chi connectivity index (χ1v) is 7.43. The normalized spacial score (nSPS) is 12.3. The molecule has 0 aliphatic carbocycles. The molecule has 0 fully saturated rings. The van der Waals surface area contributed by atoms with Crippen molar-refractivity contribution in [2.45, 2.75) is 39.0 Å². The number of hydrogen-bond donors (Lipinski definition) is 1. The number of carbonyl (C=O) groups is 2. The predicted molar refractivity (Wildman–Crippen MR) is 89.8 cm³/mol. The second kappa shape index (κ2) is 8.35. The summed E-state index contributed by atoms with van der Waals surface area (Å²) in [5.74, 6) is 1.59. The summed E-state index contributed by atoms with van der Waals surface area (Å²) in [6.07, 6.45) is 4.54. The highest BCUT2D eigenvalue weighted by Crippen LogP contribution is 2.08. The Bertz CT molecular complexity index is 570. The van der Waals surface area contributed by atoms with Gasteiger partial charge in [-0.2, -0.15) is 0 Å². The van der Waals surface area contributed by atoms with E-state index in [4.69, 9.17) is 11.2 Å². The Labute approximate surface area is 138 Å². The van der Waals surface area contributed by atoms with Gasteiger partial charge in [-0.3, -0.25) is 9.69 Å². The molecule has 0 spiro atoms. The Morgan fingerprint density at radius 2 is 1.91 bits per heavy atom. The van der Waals surface area contributed by atoms with Crippen LogP contribution in [0.4, 0.5) is 4.79 Å². The number of ether oxygens (including phenoxy) is 1. The molecular formula is C18H24N2O3. The highest BCUT2D eigenvalue weighted by Gasteiger charge is 2.24. The second-order valence-corrected chi connectivity index (χ2v) is 6.39. The molecule has 0 aromatic heterocycles. The fourth-order valence-electron chi connectivity index (χ4n) is 2.02. The number of terminal acetylenes is 1. The molecule has 0 heterocycles. The number of ketones is 1. The van der Waals surface area contributed by atoms with E-state index in [1.165, 1.54) is 0 Å². The smallest absolute Gasteiger partial charge is 0.408 e. The highest BCUT2D eigenvalue weighted by atomic mass is 16.6. The largest absolute Gasteiger partial charge is 0.444 e. The first kappa shape index (κ1) is 18.7. The first-order valence-electron chi connectivity index (χ1n) is 7.43. The standard InChI is InChI=1S/C18H24N2O3/c1-6-16(21)15(19-17(22)23-18(2,3)4)13-20(5)12-14-10-8-7-9-11-14/h1,7-11,15H,12-13H2,2-5H3,(H,19,22). The first-order chi connectivity index (χ1) is 10.7. The number of alkyl carbamates (subject to hydrolysis) is 1. The molecule has 1 unspecified atom stereocenters. The molecule has 0 aliphatic heterocycles. The van der Waals surface area contributed by atoms with Gasteiger partial charge in [-0.15, -0.1) is 6.42 Å². The Morgan fingerprint density at radius 1 is 1.30 bits per heavy atom. The van der Waals surface area contributed by atoms with Crippen LogP contribution in [0.5, 0.6) is 0 Å². The molecule has 0 bridgehead atoms. The average molecular weight is 316 g/mol. The average Bonchev–Trinajstić information content (AvgIpc) is 2.44. The second-order valence-electron chi connectivity index (χ2n) is 6.39. The van der Waals surface area contributed by atoms with Crippen LogP contribution in [-0.2, 0) is 16.1 Å². The molecule has 1 aromatic rings. The molecule has 0 aliphatic rings. The zero-order valence-corrected chi connectivity index (χ0v) is 14.1. The van der Waals surface area contributed by atoms with Crippen LogP contribution >= 0.6 is 0 Å². The Kier molecular flexibility index (Phi) is 6.80. The fraction of sp³-hybridized carbons (Fsp3) is 0.444. The van der Waals surface area contributed by atoms with Crippen molar-refractivity contribution in [3.63, 3.8) is 0 Å². The van der Waals surface area contributed by atoms with Gasteiger partial charge < -0.3 is 10.1 Å². The van der Waals surface area contributed by atoms with E-state index in [-0.39, 0.29) is 0 Å². The number of nitrogens with one attached hydrogen (secondary N) is 1. The van der Waals surface area contributed by atoms with Gasteiger partial charge in [-0.1, -0.05) is 30.3 Å². The van der Waals surface area contributed by atoms with Crippen molar-refractivity contribution in [2.75, 3.05) is 13.6 Å². The van der Waals surface area contributed by atoms with Crippen LogP contribution in [0, 0.1) is 12.3 Å². The molecule has 1 aromatic carbocycles. The summed E-state index contributed by atoms with van der Waals surface area (Å²) in [6.45, 7) is 6.21. The van der Waals surface area contributed by atoms with Gasteiger partial charge in [0.2, 0.25) is 5.78 Å². The number of hydrogen-bond acceptors (Lipinski definition) is 4. The van der Waals surface area contributed by atoms with Crippen LogP contribution in [0.1, 0.15) is 26.3 Å². The van der Waals surface area contributed by atoms with E-state index in [2.05, 4.69) is 11.2 Å². The zero-order valence-electron chi connectivity index (χ0n) is 14.1. The number of likely N-dealkylation sites (N-methyl/N-ethyl adjacent to an activating group) is 1. The predicted octanol–water partition coefficient (Wildman–Crippen LogP) is 2.21. The van der Waals surface area contributed by atoms with Gasteiger partial charge in [0.1, 0.15) is 11.6 Å². The minimum atomic E-state index is -0.802. The van der Waals surface area contributed by atoms with Gasteiger partial charge in [0.15, 0.2) is 0 Å². The van der Waals surface area contributed by atoms with Crippen LogP contribution in [0.15, 0.2) is 30.3 Å². The number of carbonyl (C=O) groups excluding carboxylic acids is 2. The van der Waals surface area contributed by atoms with Crippen molar-refractivity contribution in [1.29, 1.82) is 0 Å². The lowest BCUT2D eigenvalue weighted by Crippen LogP contribution is -2.48. The highest BCUT2D eigenvalue weighted by molar-refractivity contribution is 6.00. The summed E-state index contributed by atoms with van der Waals surface area (Å²) in [6, 6.07) is 9.03. The van der Waals surface area contributed by atoms with Crippen LogP contribution in [0.2, 0.25) is 0 Å². The Morgan fingerprint density at radius 3 is 2.43 bits per heavy atom. The number of Topliss-reactive ketones (excluding diaryl/α,β-unsaturated/α-hetero) is 1. The van der Waals surface area contributed by atoms with Crippen LogP contribution in [-0.4, -0.2) is 42.0 Å². The zero-order chi connectivity index (χ0) is 17.5. The lowest BCUT2D eigenvalue weighted by Gasteiger charge is -2.25. The maximum atomic E-state index is 11.9. The van der Waals surface area contributed by atoms with Gasteiger partial charge in [0.25, 0.3) is 0 Å². The van der Waals surface area contributed by atoms with Gasteiger partial charge in [0.05, 0.1) is 0 Å². The summed E-state index contributed by atoms with van der Waals surface area (Å²) < 4.78 is 5.17. The molecular weight excluding hydrogens is 292 g/mol. The third kappa shape index (κ3) is 7.48. The van der Waals surface area contributed by atoms with Crippen molar-refractivity contribution >= 4 is 11.9 Å². The molecule has 1 amide bonds. The van der Waals surface area contributed by atoms with Crippen molar-refractivity contribution < 1.29 is 14.3 Å². The van der Waals surface area contributed by atoms with Crippen molar-refractivity contribution in [3.8, 4) is 12.3 Å². The molecule has 1 atom stereocenters. The van der Waals surface area contributed by atoms with E-state index in [0.717, 1.165) is 5.56 Å². The van der Waals surface area contributed by atoms with E-state index in [1.54, 1.807) is 20.8 Å². The van der Waals surface area contributed by atoms with E-state index in [1.807, 2.05) is 42.3 Å². The van der Waals surface area contributed by atoms with Gasteiger partial charge in [0, 0.05) is 13.1 Å². The van der Waals surface area contributed by atoms with Crippen molar-refractivity contribution in [3.05, 3.63) is 35.9 Å². The molecule has 0 radical (unpaired) electrons. The molecule has 5 heteroatoms. The van der Waals surface area contributed by atoms with Crippen molar-refractivity contribution in [2.24, 2.45) is 0 Å². The van der Waals surface area contributed by atoms with Crippen molar-refractivity contribution in [1.82, 2.24) is 10.2 Å². The van der Waals surface area contributed by atoms with Crippen LogP contribution in [0.25, 0.3) is 0 Å². The van der Waals surface area contributed by atoms with Gasteiger partial charge in [-0.25, -0.2) is 4.79 Å². The van der Waals surface area contributed by atoms with E-state index in [9.17, 15) is 9.59 Å². The molecule has 1 rings (SSSR count). The summed E-state index contributed by atoms with van der Waals surface area (Å²) in [5.41, 5.74) is 0.475. The Balaban J connectivity index is 2.66. The lowest BCUT2D eigenvalue weighted by molar-refractivity contribution is -0.116. The van der Waals surface area contributed by atoms with Gasteiger partial charge in [-0.05, 0) is 39.3 Å². The number of benzene rings is 1. The third-order valence-electron chi connectivity index (χ3n) is 2.94. The number of amides is 1. The fourth-order valence-corrected chi connectivity index (χ4v) is 2.02. The third-order valence-corrected chi connectivity index (χ3v) is 2.94. The summed E-state index contributed by atoms with van der Waals surface area (Å²) in [5, 5.41) is 2.55. The monoisotopic (exact) mass is 316 g/mol. The Hall–Kier alpha value is -2.32. The van der Waals surface area contributed by atoms with Gasteiger partial charge >= 0.3 is 6.09 Å². The maximum absolute atomic E-state index is 11.9. The number of rotatable bonds is 6. The quantitative estimate of drug-likeness (QED) is 0.646. The minimum absolute atomic E-state index is 0.303. The molecule has 23 heavy (non-hydrogen) atoms. The summed E-state index contributed by atoms with van der Waals surface area (Å²) in [7, 11) is 1.86. The van der Waals surface area contributed by atoms with E-state index >= 15 is 0 Å². The SMILES string of the molecule is C#CC(=O)C(CN(C)Cc1ccccc1)NC(=O)OC(C)(C)C. The minimum Gasteiger partial charge on any atom is -0.444 e.